The molecule has 0 heterocycles. The quantitative estimate of drug-likeness (QED) is 0.766. The zero-order chi connectivity index (χ0) is 15.3. The van der Waals surface area contributed by atoms with Gasteiger partial charge in [-0.3, -0.25) is 0 Å². The summed E-state index contributed by atoms with van der Waals surface area (Å²) >= 11 is 0. The van der Waals surface area contributed by atoms with Crippen LogP contribution >= 0.6 is 0 Å². The highest BCUT2D eigenvalue weighted by molar-refractivity contribution is 6.00. The molecule has 20 heavy (non-hydrogen) atoms. The summed E-state index contributed by atoms with van der Waals surface area (Å²) in [5, 5.41) is 14.0. The minimum atomic E-state index is -1.23. The SMILES string of the molecule is CC(CN(C)C)NC(=O)Nc1cc(F)ccc1C(=O)O. The van der Waals surface area contributed by atoms with E-state index in [1.165, 1.54) is 0 Å². The molecule has 1 aromatic rings. The number of nitrogens with zero attached hydrogens (tertiary/aromatic N) is 1. The average molecular weight is 283 g/mol. The number of carboxylic acid groups (broad SMARTS) is 1. The standard InChI is InChI=1S/C13H18FN3O3/c1-8(7-17(2)3)15-13(20)16-11-6-9(14)4-5-10(11)12(18)19/h4-6,8H,7H2,1-3H3,(H,18,19)(H2,15,16,20). The first-order chi connectivity index (χ1) is 9.29. The summed E-state index contributed by atoms with van der Waals surface area (Å²) in [5.74, 6) is -1.85. The van der Waals surface area contributed by atoms with Crippen molar-refractivity contribution in [3.8, 4) is 0 Å². The Hall–Kier alpha value is -2.15. The lowest BCUT2D eigenvalue weighted by Gasteiger charge is -2.19. The van der Waals surface area contributed by atoms with Gasteiger partial charge in [0.1, 0.15) is 5.82 Å². The van der Waals surface area contributed by atoms with Crippen molar-refractivity contribution in [2.24, 2.45) is 0 Å². The monoisotopic (exact) mass is 283 g/mol. The van der Waals surface area contributed by atoms with Crippen LogP contribution in [0.2, 0.25) is 0 Å². The third-order valence-corrected chi connectivity index (χ3v) is 2.48. The van der Waals surface area contributed by atoms with Gasteiger partial charge in [-0.1, -0.05) is 0 Å². The van der Waals surface area contributed by atoms with E-state index in [2.05, 4.69) is 10.6 Å². The summed E-state index contributed by atoms with van der Waals surface area (Å²) in [5.41, 5.74) is -0.242. The third-order valence-electron chi connectivity index (χ3n) is 2.48. The van der Waals surface area contributed by atoms with Gasteiger partial charge in [0.05, 0.1) is 11.3 Å². The lowest BCUT2D eigenvalue weighted by Crippen LogP contribution is -2.41. The first-order valence-corrected chi connectivity index (χ1v) is 6.04. The molecule has 2 amide bonds. The molecule has 0 radical (unpaired) electrons. The molecule has 1 atom stereocenters. The molecule has 0 saturated heterocycles. The number of carbonyl (C=O) groups is 2. The van der Waals surface area contributed by atoms with Crippen LogP contribution < -0.4 is 10.6 Å². The first kappa shape index (κ1) is 15.9. The Morgan fingerprint density at radius 2 is 2.05 bits per heavy atom. The Balaban J connectivity index is 2.75. The van der Waals surface area contributed by atoms with E-state index in [0.29, 0.717) is 6.54 Å². The van der Waals surface area contributed by atoms with Crippen molar-refractivity contribution in [1.29, 1.82) is 0 Å². The Morgan fingerprint density at radius 1 is 1.40 bits per heavy atom. The molecule has 0 aliphatic heterocycles. The Morgan fingerprint density at radius 3 is 2.60 bits per heavy atom. The number of rotatable bonds is 5. The average Bonchev–Trinajstić information content (AvgIpc) is 2.26. The van der Waals surface area contributed by atoms with Crippen LogP contribution in [0.25, 0.3) is 0 Å². The molecule has 0 aliphatic rings. The van der Waals surface area contributed by atoms with Gasteiger partial charge in [0.25, 0.3) is 0 Å². The number of hydrogen-bond donors (Lipinski definition) is 3. The first-order valence-electron chi connectivity index (χ1n) is 6.04. The number of benzene rings is 1. The molecule has 0 fully saturated rings. The van der Waals surface area contributed by atoms with Crippen LogP contribution in [-0.2, 0) is 0 Å². The summed E-state index contributed by atoms with van der Waals surface area (Å²) in [6.07, 6.45) is 0. The fourth-order valence-electron chi connectivity index (χ4n) is 1.78. The van der Waals surface area contributed by atoms with Gasteiger partial charge in [0.15, 0.2) is 0 Å². The van der Waals surface area contributed by atoms with E-state index < -0.39 is 17.8 Å². The molecule has 0 aliphatic carbocycles. The number of likely N-dealkylation sites (N-methyl/N-ethyl adjacent to an activating group) is 1. The van der Waals surface area contributed by atoms with Crippen molar-refractivity contribution in [1.82, 2.24) is 10.2 Å². The molecule has 1 unspecified atom stereocenters. The minimum Gasteiger partial charge on any atom is -0.478 e. The van der Waals surface area contributed by atoms with E-state index in [1.807, 2.05) is 25.9 Å². The summed E-state index contributed by atoms with van der Waals surface area (Å²) in [7, 11) is 3.73. The maximum Gasteiger partial charge on any atom is 0.337 e. The normalized spacial score (nSPS) is 12.1. The number of nitrogens with one attached hydrogen (secondary N) is 2. The van der Waals surface area contributed by atoms with E-state index in [9.17, 15) is 14.0 Å². The van der Waals surface area contributed by atoms with Gasteiger partial charge in [0, 0.05) is 12.6 Å². The summed E-state index contributed by atoms with van der Waals surface area (Å²) in [6, 6.07) is 2.40. The fourth-order valence-corrected chi connectivity index (χ4v) is 1.78. The van der Waals surface area contributed by atoms with Crippen molar-refractivity contribution < 1.29 is 19.1 Å². The van der Waals surface area contributed by atoms with Gasteiger partial charge in [0.2, 0.25) is 0 Å². The largest absolute Gasteiger partial charge is 0.478 e. The lowest BCUT2D eigenvalue weighted by molar-refractivity contribution is 0.0698. The number of hydrogen-bond acceptors (Lipinski definition) is 3. The van der Waals surface area contributed by atoms with Crippen molar-refractivity contribution >= 4 is 17.7 Å². The topological polar surface area (TPSA) is 81.7 Å². The second kappa shape index (κ2) is 6.85. The number of aromatic carboxylic acids is 1. The molecule has 0 saturated carbocycles. The van der Waals surface area contributed by atoms with Gasteiger partial charge < -0.3 is 20.6 Å². The lowest BCUT2D eigenvalue weighted by atomic mass is 10.2. The Bertz CT molecular complexity index is 506. The van der Waals surface area contributed by atoms with Crippen LogP contribution in [0.3, 0.4) is 0 Å². The predicted octanol–water partition coefficient (Wildman–Crippen LogP) is 1.60. The molecule has 1 rings (SSSR count). The van der Waals surface area contributed by atoms with Crippen molar-refractivity contribution in [2.75, 3.05) is 26.0 Å². The molecular formula is C13H18FN3O3. The van der Waals surface area contributed by atoms with Crippen LogP contribution in [-0.4, -0.2) is 48.7 Å². The molecule has 110 valence electrons. The van der Waals surface area contributed by atoms with Gasteiger partial charge >= 0.3 is 12.0 Å². The summed E-state index contributed by atoms with van der Waals surface area (Å²) < 4.78 is 13.1. The molecule has 1 aromatic carbocycles. The highest BCUT2D eigenvalue weighted by atomic mass is 19.1. The van der Waals surface area contributed by atoms with Gasteiger partial charge in [-0.25, -0.2) is 14.0 Å². The second-order valence-electron chi connectivity index (χ2n) is 4.76. The van der Waals surface area contributed by atoms with Gasteiger partial charge in [-0.05, 0) is 39.2 Å². The van der Waals surface area contributed by atoms with Gasteiger partial charge in [-0.15, -0.1) is 0 Å². The molecule has 3 N–H and O–H groups in total. The van der Waals surface area contributed by atoms with Crippen LogP contribution in [0.5, 0.6) is 0 Å². The van der Waals surface area contributed by atoms with E-state index in [0.717, 1.165) is 18.2 Å². The fraction of sp³-hybridized carbons (Fsp3) is 0.385. The van der Waals surface area contributed by atoms with Crippen LogP contribution in [0.4, 0.5) is 14.9 Å². The highest BCUT2D eigenvalue weighted by Gasteiger charge is 2.14. The van der Waals surface area contributed by atoms with Crippen molar-refractivity contribution in [3.05, 3.63) is 29.6 Å². The molecule has 0 spiro atoms. The Labute approximate surface area is 116 Å². The predicted molar refractivity (Wildman–Crippen MR) is 73.5 cm³/mol. The zero-order valence-corrected chi connectivity index (χ0v) is 11.6. The third kappa shape index (κ3) is 4.85. The van der Waals surface area contributed by atoms with E-state index in [1.54, 1.807) is 0 Å². The number of halogens is 1. The molecular weight excluding hydrogens is 265 g/mol. The molecule has 0 bridgehead atoms. The zero-order valence-electron chi connectivity index (χ0n) is 11.6. The van der Waals surface area contributed by atoms with Crippen LogP contribution in [0.1, 0.15) is 17.3 Å². The summed E-state index contributed by atoms with van der Waals surface area (Å²) in [6.45, 7) is 2.44. The smallest absolute Gasteiger partial charge is 0.337 e. The number of urea groups is 1. The van der Waals surface area contributed by atoms with Gasteiger partial charge in [-0.2, -0.15) is 0 Å². The maximum atomic E-state index is 13.1. The van der Waals surface area contributed by atoms with Crippen molar-refractivity contribution in [3.63, 3.8) is 0 Å². The van der Waals surface area contributed by atoms with Crippen molar-refractivity contribution in [2.45, 2.75) is 13.0 Å². The van der Waals surface area contributed by atoms with E-state index >= 15 is 0 Å². The number of anilines is 1. The molecule has 6 nitrogen and oxygen atoms in total. The molecule has 7 heteroatoms. The Kier molecular flexibility index (Phi) is 5.45. The number of amides is 2. The summed E-state index contributed by atoms with van der Waals surface area (Å²) in [4.78, 5) is 24.6. The number of carboxylic acids is 1. The second-order valence-corrected chi connectivity index (χ2v) is 4.76. The van der Waals surface area contributed by atoms with E-state index in [4.69, 9.17) is 5.11 Å². The molecule has 0 aromatic heterocycles. The maximum absolute atomic E-state index is 13.1. The highest BCUT2D eigenvalue weighted by Crippen LogP contribution is 2.17. The number of carbonyl (C=O) groups excluding carboxylic acids is 1. The van der Waals surface area contributed by atoms with Crippen LogP contribution in [0.15, 0.2) is 18.2 Å². The van der Waals surface area contributed by atoms with E-state index in [-0.39, 0.29) is 17.3 Å². The van der Waals surface area contributed by atoms with Crippen LogP contribution in [0, 0.1) is 5.82 Å². The minimum absolute atomic E-state index is 0.0768.